The molecule has 12 heteroatoms. The first-order valence-corrected chi connectivity index (χ1v) is 13.0. The second-order valence-electron chi connectivity index (χ2n) is 10.0. The number of carbonyl (C=O) groups is 1. The minimum Gasteiger partial charge on any atom is -0.486 e. The van der Waals surface area contributed by atoms with Crippen LogP contribution >= 0.6 is 0 Å². The molecule has 1 amide bonds. The number of alkyl halides is 3. The van der Waals surface area contributed by atoms with E-state index in [2.05, 4.69) is 6.07 Å². The van der Waals surface area contributed by atoms with Crippen LogP contribution in [-0.4, -0.2) is 44.0 Å². The molecule has 0 aromatic heterocycles. The third-order valence-corrected chi connectivity index (χ3v) is 8.69. The highest BCUT2D eigenvalue weighted by atomic mass is 32.2. The number of sulfonamides is 1. The molecule has 1 saturated carbocycles. The fourth-order valence-corrected chi connectivity index (χ4v) is 5.86. The monoisotopic (exact) mass is 537 g/mol. The first-order valence-electron chi connectivity index (χ1n) is 11.5. The summed E-state index contributed by atoms with van der Waals surface area (Å²) < 4.78 is 75.8. The van der Waals surface area contributed by atoms with Gasteiger partial charge in [-0.2, -0.15) is 18.4 Å². The molecule has 0 spiro atoms. The van der Waals surface area contributed by atoms with Crippen molar-refractivity contribution < 1.29 is 36.2 Å². The number of nitrogens with zero attached hydrogens (tertiary/aromatic N) is 3. The Hall–Kier alpha value is -3.46. The molecule has 37 heavy (non-hydrogen) atoms. The van der Waals surface area contributed by atoms with E-state index in [1.165, 1.54) is 18.2 Å². The van der Waals surface area contributed by atoms with Crippen molar-refractivity contribution in [2.24, 2.45) is 5.41 Å². The highest BCUT2D eigenvalue weighted by molar-refractivity contribution is 7.92. The average molecular weight is 538 g/mol. The lowest BCUT2D eigenvalue weighted by Gasteiger charge is -2.40. The number of ether oxygens (including phenoxy) is 1. The van der Waals surface area contributed by atoms with Gasteiger partial charge in [-0.15, -0.1) is 0 Å². The minimum absolute atomic E-state index is 0.0396. The summed E-state index contributed by atoms with van der Waals surface area (Å²) in [6.07, 6.45) is -5.82. The summed E-state index contributed by atoms with van der Waals surface area (Å²) in [6.45, 7) is 3.06. The molecule has 2 aromatic rings. The van der Waals surface area contributed by atoms with Gasteiger partial charge >= 0.3 is 12.3 Å². The van der Waals surface area contributed by atoms with E-state index in [-0.39, 0.29) is 39.9 Å². The normalized spacial score (nSPS) is 18.8. The quantitative estimate of drug-likeness (QED) is 0.523. The topological polar surface area (TPSA) is 111 Å². The van der Waals surface area contributed by atoms with Crippen LogP contribution in [0, 0.1) is 23.7 Å². The number of benzene rings is 2. The van der Waals surface area contributed by atoms with Crippen molar-refractivity contribution in [1.82, 2.24) is 0 Å². The van der Waals surface area contributed by atoms with Crippen LogP contribution in [0.4, 0.5) is 29.3 Å². The lowest BCUT2D eigenvalue weighted by molar-refractivity contribution is -0.175. The van der Waals surface area contributed by atoms with Crippen LogP contribution in [0.5, 0.6) is 5.75 Å². The van der Waals surface area contributed by atoms with Gasteiger partial charge in [-0.1, -0.05) is 17.7 Å². The highest BCUT2D eigenvalue weighted by Gasteiger charge is 2.54. The molecule has 1 atom stereocenters. The lowest BCUT2D eigenvalue weighted by Crippen LogP contribution is -2.57. The summed E-state index contributed by atoms with van der Waals surface area (Å²) in [7, 11) is -4.21. The van der Waals surface area contributed by atoms with Crippen LogP contribution in [0.1, 0.15) is 38.7 Å². The Labute approximate surface area is 212 Å². The molecule has 0 bridgehead atoms. The molecule has 1 N–H and O–H groups in total. The van der Waals surface area contributed by atoms with Crippen molar-refractivity contribution in [2.45, 2.75) is 62.7 Å². The number of hydrogen-bond acceptors (Lipinski definition) is 5. The zero-order valence-corrected chi connectivity index (χ0v) is 21.2. The summed E-state index contributed by atoms with van der Waals surface area (Å²) in [4.78, 5) is 12.1. The van der Waals surface area contributed by atoms with Gasteiger partial charge in [0, 0.05) is 6.42 Å². The van der Waals surface area contributed by atoms with E-state index >= 15 is 0 Å². The third kappa shape index (κ3) is 4.80. The molecule has 2 aromatic carbocycles. The summed E-state index contributed by atoms with van der Waals surface area (Å²) in [5, 5.41) is 19.2. The van der Waals surface area contributed by atoms with Crippen LogP contribution in [0.2, 0.25) is 0 Å². The van der Waals surface area contributed by atoms with E-state index in [1.807, 2.05) is 0 Å². The molecular formula is C25H26F3N3O5S. The number of nitriles is 1. The standard InChI is InChI=1S/C25H26F3N3O5S/c1-16-4-7-19(8-5-16)37(34,35)30-14-18(13-24(15-29)10-11-24)36-21-9-6-17(12-20(21)30)31(22(32)33)23(2,3)25(26,27)28/h4-9,12,18H,10-11,13-14H2,1-3H3,(H,32,33)/t18-/m0/s1. The molecule has 0 unspecified atom stereocenters. The average Bonchev–Trinajstić information content (AvgIpc) is 3.57. The van der Waals surface area contributed by atoms with E-state index in [4.69, 9.17) is 4.74 Å². The molecule has 1 aliphatic carbocycles. The molecule has 8 nitrogen and oxygen atoms in total. The SMILES string of the molecule is Cc1ccc(S(=O)(=O)N2C[C@H](CC3(C#N)CC3)Oc3ccc(N(C(=O)O)C(C)(C)C(F)(F)F)cc32)cc1. The van der Waals surface area contributed by atoms with Crippen molar-refractivity contribution in [1.29, 1.82) is 5.26 Å². The molecule has 1 aliphatic heterocycles. The Bertz CT molecular complexity index is 1360. The fraction of sp³-hybridized carbons (Fsp3) is 0.440. The second-order valence-corrected chi connectivity index (χ2v) is 11.9. The van der Waals surface area contributed by atoms with Gasteiger partial charge in [0.05, 0.1) is 34.3 Å². The first kappa shape index (κ1) is 26.6. The van der Waals surface area contributed by atoms with Crippen LogP contribution in [0.15, 0.2) is 47.4 Å². The van der Waals surface area contributed by atoms with Crippen molar-refractivity contribution in [3.63, 3.8) is 0 Å². The predicted molar refractivity (Wildman–Crippen MR) is 129 cm³/mol. The third-order valence-electron chi connectivity index (χ3n) is 6.89. The number of hydrogen-bond donors (Lipinski definition) is 1. The van der Waals surface area contributed by atoms with Gasteiger partial charge in [0.1, 0.15) is 17.4 Å². The van der Waals surface area contributed by atoms with E-state index < -0.39 is 39.4 Å². The summed E-state index contributed by atoms with van der Waals surface area (Å²) in [5.74, 6) is 0.0691. The van der Waals surface area contributed by atoms with Gasteiger partial charge < -0.3 is 9.84 Å². The number of amides is 1. The van der Waals surface area contributed by atoms with Crippen molar-refractivity contribution >= 4 is 27.5 Å². The molecule has 2 aliphatic rings. The Kier molecular flexibility index (Phi) is 6.35. The first-order chi connectivity index (χ1) is 17.1. The largest absolute Gasteiger partial charge is 0.486 e. The van der Waals surface area contributed by atoms with Crippen LogP contribution < -0.4 is 13.9 Å². The van der Waals surface area contributed by atoms with Gasteiger partial charge in [-0.05, 0) is 63.9 Å². The van der Waals surface area contributed by atoms with Crippen LogP contribution in [0.3, 0.4) is 0 Å². The Morgan fingerprint density at radius 2 is 1.84 bits per heavy atom. The van der Waals surface area contributed by atoms with Crippen molar-refractivity contribution in [2.75, 3.05) is 15.7 Å². The Morgan fingerprint density at radius 1 is 1.22 bits per heavy atom. The molecular weight excluding hydrogens is 511 g/mol. The lowest BCUT2D eigenvalue weighted by atomic mass is 9.99. The zero-order chi connectivity index (χ0) is 27.4. The smallest absolute Gasteiger partial charge is 0.412 e. The highest BCUT2D eigenvalue weighted by Crippen LogP contribution is 2.51. The number of carboxylic acid groups (broad SMARTS) is 1. The van der Waals surface area contributed by atoms with Crippen LogP contribution in [-0.2, 0) is 10.0 Å². The fourth-order valence-electron chi connectivity index (χ4n) is 4.36. The zero-order valence-electron chi connectivity index (χ0n) is 20.4. The van der Waals surface area contributed by atoms with Gasteiger partial charge in [-0.25, -0.2) is 13.2 Å². The van der Waals surface area contributed by atoms with Crippen LogP contribution in [0.25, 0.3) is 0 Å². The second kappa shape index (κ2) is 8.83. The number of anilines is 2. The molecule has 0 radical (unpaired) electrons. The van der Waals surface area contributed by atoms with Gasteiger partial charge in [0.2, 0.25) is 0 Å². The van der Waals surface area contributed by atoms with E-state index in [1.54, 1.807) is 19.1 Å². The Balaban J connectivity index is 1.83. The number of rotatable bonds is 6. The van der Waals surface area contributed by atoms with Gasteiger partial charge in [0.15, 0.2) is 0 Å². The maximum Gasteiger partial charge on any atom is 0.412 e. The maximum absolute atomic E-state index is 13.8. The molecule has 1 fully saturated rings. The van der Waals surface area contributed by atoms with Crippen molar-refractivity contribution in [3.8, 4) is 11.8 Å². The van der Waals surface area contributed by atoms with Gasteiger partial charge in [-0.3, -0.25) is 9.21 Å². The summed E-state index contributed by atoms with van der Waals surface area (Å²) in [5.41, 5.74) is -3.02. The van der Waals surface area contributed by atoms with E-state index in [0.29, 0.717) is 12.8 Å². The summed E-state index contributed by atoms with van der Waals surface area (Å²) >= 11 is 0. The van der Waals surface area contributed by atoms with E-state index in [9.17, 15) is 36.8 Å². The number of aryl methyl sites for hydroxylation is 1. The summed E-state index contributed by atoms with van der Waals surface area (Å²) in [6, 6.07) is 11.8. The molecule has 0 saturated heterocycles. The molecule has 4 rings (SSSR count). The van der Waals surface area contributed by atoms with E-state index in [0.717, 1.165) is 35.8 Å². The molecule has 1 heterocycles. The number of fused-ring (bicyclic) bond motifs is 1. The number of halogens is 3. The molecule has 198 valence electrons. The maximum atomic E-state index is 13.8. The van der Waals surface area contributed by atoms with Gasteiger partial charge in [0.25, 0.3) is 10.0 Å². The van der Waals surface area contributed by atoms with Crippen molar-refractivity contribution in [3.05, 3.63) is 48.0 Å². The Morgan fingerprint density at radius 3 is 2.35 bits per heavy atom. The predicted octanol–water partition coefficient (Wildman–Crippen LogP) is 5.47. The minimum atomic E-state index is -4.91.